The fourth-order valence-corrected chi connectivity index (χ4v) is 8.39. The lowest BCUT2D eigenvalue weighted by molar-refractivity contribution is 0.0969. The van der Waals surface area contributed by atoms with Gasteiger partial charge in [-0.1, -0.05) is 30.3 Å². The number of hydrogen-bond acceptors (Lipinski definition) is 4. The van der Waals surface area contributed by atoms with Gasteiger partial charge in [-0.25, -0.2) is 0 Å². The van der Waals surface area contributed by atoms with Crippen LogP contribution in [0.3, 0.4) is 0 Å². The monoisotopic (exact) mass is 476 g/mol. The third kappa shape index (κ3) is 1.79. The van der Waals surface area contributed by atoms with E-state index >= 15 is 0 Å². The maximum Gasteiger partial charge on any atom is 0.194 e. The Hall–Kier alpha value is -1.05. The van der Waals surface area contributed by atoms with Crippen molar-refractivity contribution in [2.24, 2.45) is 0 Å². The molecule has 5 rings (SSSR count). The van der Waals surface area contributed by atoms with Crippen molar-refractivity contribution in [3.05, 3.63) is 78.2 Å². The van der Waals surface area contributed by atoms with E-state index in [1.807, 2.05) is 18.2 Å². The Morgan fingerprint density at radius 2 is 1.52 bits per heavy atom. The number of thioether (sulfide) groups is 2. The average Bonchev–Trinajstić information content (AvgIpc) is 3.12. The molecular formula is C20H13IO2S2. The van der Waals surface area contributed by atoms with Gasteiger partial charge in [-0.2, -0.15) is 0 Å². The summed E-state index contributed by atoms with van der Waals surface area (Å²) in [4.78, 5) is 26.7. The van der Waals surface area contributed by atoms with Crippen LogP contribution in [0.5, 0.6) is 0 Å². The van der Waals surface area contributed by atoms with E-state index in [0.29, 0.717) is 22.3 Å². The summed E-state index contributed by atoms with van der Waals surface area (Å²) in [6.07, 6.45) is 4.13. The second-order valence-corrected chi connectivity index (χ2v) is 11.5. The topological polar surface area (TPSA) is 34.1 Å². The predicted molar refractivity (Wildman–Crippen MR) is 112 cm³/mol. The number of benzene rings is 1. The van der Waals surface area contributed by atoms with E-state index in [-0.39, 0.29) is 21.1 Å². The highest BCUT2D eigenvalue weighted by Crippen LogP contribution is 2.66. The van der Waals surface area contributed by atoms with Crippen LogP contribution >= 0.6 is 46.1 Å². The van der Waals surface area contributed by atoms with Crippen LogP contribution in [0.2, 0.25) is 0 Å². The lowest BCUT2D eigenvalue weighted by atomic mass is 9.66. The standard InChI is InChI=1S/C20H13IO2S2/c1-19-12(7-8-24-19)15-16(13-9-14(21)25-20(13,19)2)18(23)11-6-4-3-5-10(11)17(15)22/h3-9H,1-2H3/t19-,20-/m1/s1. The van der Waals surface area contributed by atoms with Crippen LogP contribution in [0, 0.1) is 0 Å². The zero-order valence-corrected chi connectivity index (χ0v) is 17.3. The van der Waals surface area contributed by atoms with Crippen molar-refractivity contribution < 1.29 is 9.59 Å². The SMILES string of the molecule is C[C@@]12SC=CC1=C1C(=O)c3ccccc3C(=O)C1=C1C=C(I)S[C@]12C. The van der Waals surface area contributed by atoms with Crippen LogP contribution in [0.1, 0.15) is 34.6 Å². The first kappa shape index (κ1) is 16.1. The number of fused-ring (bicyclic) bond motifs is 5. The first-order valence-corrected chi connectivity index (χ1v) is 10.7. The van der Waals surface area contributed by atoms with Gasteiger partial charge in [0.05, 0.1) is 9.49 Å². The molecule has 2 atom stereocenters. The van der Waals surface area contributed by atoms with E-state index in [1.165, 1.54) is 0 Å². The van der Waals surface area contributed by atoms with E-state index < -0.39 is 0 Å². The summed E-state index contributed by atoms with van der Waals surface area (Å²) in [5.41, 5.74) is 4.29. The number of rotatable bonds is 0. The van der Waals surface area contributed by atoms with Crippen LogP contribution in [0.15, 0.2) is 67.0 Å². The Morgan fingerprint density at radius 1 is 0.920 bits per heavy atom. The quantitative estimate of drug-likeness (QED) is 0.465. The summed E-state index contributed by atoms with van der Waals surface area (Å²) in [5.74, 6) is -0.0392. The van der Waals surface area contributed by atoms with Crippen molar-refractivity contribution in [2.75, 3.05) is 0 Å². The molecule has 0 unspecified atom stereocenters. The van der Waals surface area contributed by atoms with Gasteiger partial charge >= 0.3 is 0 Å². The van der Waals surface area contributed by atoms with E-state index in [4.69, 9.17) is 0 Å². The highest BCUT2D eigenvalue weighted by molar-refractivity contribution is 14.1. The molecule has 5 heteroatoms. The van der Waals surface area contributed by atoms with Gasteiger partial charge in [-0.3, -0.25) is 9.59 Å². The second kappa shape index (κ2) is 5.02. The molecule has 0 amide bonds. The summed E-state index contributed by atoms with van der Waals surface area (Å²) in [7, 11) is 0. The lowest BCUT2D eigenvalue weighted by Crippen LogP contribution is -2.49. The Morgan fingerprint density at radius 3 is 2.16 bits per heavy atom. The molecule has 0 spiro atoms. The van der Waals surface area contributed by atoms with E-state index in [1.54, 1.807) is 35.7 Å². The molecular weight excluding hydrogens is 463 g/mol. The number of carbonyl (C=O) groups excluding carboxylic acids is 2. The number of halogens is 1. The van der Waals surface area contributed by atoms with Gasteiger partial charge in [0.2, 0.25) is 0 Å². The van der Waals surface area contributed by atoms with Crippen LogP contribution in [0.4, 0.5) is 0 Å². The molecule has 2 aliphatic heterocycles. The van der Waals surface area contributed by atoms with Gasteiger partial charge in [0.25, 0.3) is 0 Å². The highest BCUT2D eigenvalue weighted by Gasteiger charge is 2.60. The molecule has 124 valence electrons. The van der Waals surface area contributed by atoms with Crippen molar-refractivity contribution in [2.45, 2.75) is 23.3 Å². The van der Waals surface area contributed by atoms with Crippen LogP contribution in [-0.2, 0) is 0 Å². The lowest BCUT2D eigenvalue weighted by Gasteiger charge is -2.47. The molecule has 2 aliphatic carbocycles. The predicted octanol–water partition coefficient (Wildman–Crippen LogP) is 5.47. The van der Waals surface area contributed by atoms with Crippen molar-refractivity contribution in [3.8, 4) is 0 Å². The van der Waals surface area contributed by atoms with Gasteiger partial charge in [0, 0.05) is 25.2 Å². The van der Waals surface area contributed by atoms with Gasteiger partial charge in [0.15, 0.2) is 11.6 Å². The number of allylic oxidation sites excluding steroid dienone is 4. The maximum atomic E-state index is 13.4. The normalized spacial score (nSPS) is 32.5. The first-order valence-electron chi connectivity index (χ1n) is 7.97. The number of hydrogen-bond donors (Lipinski definition) is 0. The first-order chi connectivity index (χ1) is 11.9. The highest BCUT2D eigenvalue weighted by atomic mass is 127. The zero-order chi connectivity index (χ0) is 17.6. The Kier molecular flexibility index (Phi) is 3.24. The molecule has 2 nitrogen and oxygen atoms in total. The molecule has 0 aromatic heterocycles. The van der Waals surface area contributed by atoms with E-state index in [2.05, 4.69) is 47.9 Å². The fraction of sp³-hybridized carbons (Fsp3) is 0.200. The Labute approximate surface area is 168 Å². The molecule has 0 saturated heterocycles. The van der Waals surface area contributed by atoms with Crippen molar-refractivity contribution >= 4 is 57.7 Å². The minimum Gasteiger partial charge on any atom is -0.289 e. The maximum absolute atomic E-state index is 13.4. The Bertz CT molecular complexity index is 1030. The van der Waals surface area contributed by atoms with Crippen molar-refractivity contribution in [1.82, 2.24) is 0 Å². The molecule has 25 heavy (non-hydrogen) atoms. The summed E-state index contributed by atoms with van der Waals surface area (Å²) < 4.78 is 0.655. The van der Waals surface area contributed by atoms with Crippen LogP contribution in [0.25, 0.3) is 0 Å². The summed E-state index contributed by atoms with van der Waals surface area (Å²) in [6, 6.07) is 7.19. The number of carbonyl (C=O) groups is 2. The van der Waals surface area contributed by atoms with Crippen LogP contribution in [-0.4, -0.2) is 21.1 Å². The van der Waals surface area contributed by atoms with Crippen molar-refractivity contribution in [3.63, 3.8) is 0 Å². The minimum atomic E-state index is -0.256. The van der Waals surface area contributed by atoms with E-state index in [9.17, 15) is 9.59 Å². The fourth-order valence-electron chi connectivity index (χ4n) is 4.24. The third-order valence-corrected chi connectivity index (χ3v) is 9.52. The van der Waals surface area contributed by atoms with Gasteiger partial charge < -0.3 is 0 Å². The number of Topliss-reactive ketones (excluding diaryl/α,β-unsaturated/α-hetero) is 2. The van der Waals surface area contributed by atoms with Gasteiger partial charge in [0.1, 0.15) is 0 Å². The molecule has 0 saturated carbocycles. The van der Waals surface area contributed by atoms with Gasteiger partial charge in [-0.15, -0.1) is 23.5 Å². The van der Waals surface area contributed by atoms with Gasteiger partial charge in [-0.05, 0) is 59.1 Å². The average molecular weight is 476 g/mol. The molecule has 1 aromatic carbocycles. The smallest absolute Gasteiger partial charge is 0.194 e. The molecule has 1 aromatic rings. The van der Waals surface area contributed by atoms with E-state index in [0.717, 1.165) is 14.1 Å². The van der Waals surface area contributed by atoms with Crippen molar-refractivity contribution in [1.29, 1.82) is 0 Å². The zero-order valence-electron chi connectivity index (χ0n) is 13.6. The molecule has 0 radical (unpaired) electrons. The molecule has 0 fully saturated rings. The third-order valence-electron chi connectivity index (χ3n) is 5.70. The summed E-state index contributed by atoms with van der Waals surface area (Å²) in [5, 5.41) is 2.07. The molecule has 2 heterocycles. The molecule has 4 aliphatic rings. The molecule has 0 N–H and O–H groups in total. The summed E-state index contributed by atoms with van der Waals surface area (Å²) in [6.45, 7) is 4.41. The second-order valence-electron chi connectivity index (χ2n) is 6.82. The number of ketones is 2. The Balaban J connectivity index is 1.94. The minimum absolute atomic E-state index is 0.0192. The van der Waals surface area contributed by atoms with Crippen LogP contribution < -0.4 is 0 Å². The molecule has 0 bridgehead atoms. The summed E-state index contributed by atoms with van der Waals surface area (Å²) >= 11 is 5.88. The largest absolute Gasteiger partial charge is 0.289 e.